The van der Waals surface area contributed by atoms with Crippen molar-refractivity contribution in [1.29, 1.82) is 0 Å². The van der Waals surface area contributed by atoms with Crippen LogP contribution in [0.4, 0.5) is 5.69 Å². The molecule has 2 aromatic rings. The highest BCUT2D eigenvalue weighted by Gasteiger charge is 2.24. The van der Waals surface area contributed by atoms with Gasteiger partial charge in [0.25, 0.3) is 5.91 Å². The first-order valence-corrected chi connectivity index (χ1v) is 8.99. The summed E-state index contributed by atoms with van der Waals surface area (Å²) in [6.45, 7) is 8.34. The molecule has 3 rings (SSSR count). The van der Waals surface area contributed by atoms with Crippen LogP contribution in [0.1, 0.15) is 35.6 Å². The number of hydrogen-bond donors (Lipinski definition) is 1. The molecule has 6 heteroatoms. The average molecular weight is 342 g/mol. The fraction of sp³-hybridized carbons (Fsp3) is 0.474. The Labute approximate surface area is 148 Å². The molecule has 0 saturated heterocycles. The minimum absolute atomic E-state index is 0.113. The second-order valence-corrected chi connectivity index (χ2v) is 6.06. The number of fused-ring (bicyclic) bond motifs is 1. The van der Waals surface area contributed by atoms with Crippen LogP contribution in [0.15, 0.2) is 30.3 Å². The van der Waals surface area contributed by atoms with Gasteiger partial charge in [-0.15, -0.1) is 0 Å². The third-order valence-electron chi connectivity index (χ3n) is 4.58. The van der Waals surface area contributed by atoms with E-state index < -0.39 is 0 Å². The van der Waals surface area contributed by atoms with Gasteiger partial charge in [0.05, 0.1) is 13.2 Å². The second-order valence-electron chi connectivity index (χ2n) is 6.06. The topological polar surface area (TPSA) is 59.4 Å². The summed E-state index contributed by atoms with van der Waals surface area (Å²) in [6.07, 6.45) is 0.821. The van der Waals surface area contributed by atoms with E-state index in [1.54, 1.807) is 0 Å². The minimum atomic E-state index is -0.113. The molecule has 1 aromatic heterocycles. The Hall–Kier alpha value is -2.34. The number of aryl methyl sites for hydroxylation is 1. The van der Waals surface area contributed by atoms with Crippen LogP contribution in [0.5, 0.6) is 0 Å². The SMILES string of the molecule is CCN(CCNC(=O)c1nn(CC)c2c1COCC2)c1ccccc1. The molecule has 2 heterocycles. The molecule has 0 radical (unpaired) electrons. The van der Waals surface area contributed by atoms with Gasteiger partial charge in [-0.25, -0.2) is 0 Å². The zero-order valence-electron chi connectivity index (χ0n) is 15.0. The molecule has 134 valence electrons. The van der Waals surface area contributed by atoms with Crippen LogP contribution in [0.25, 0.3) is 0 Å². The third-order valence-corrected chi connectivity index (χ3v) is 4.58. The van der Waals surface area contributed by atoms with E-state index in [2.05, 4.69) is 34.4 Å². The molecule has 0 aliphatic carbocycles. The summed E-state index contributed by atoms with van der Waals surface area (Å²) < 4.78 is 7.45. The number of ether oxygens (including phenoxy) is 1. The minimum Gasteiger partial charge on any atom is -0.376 e. The molecule has 0 bridgehead atoms. The molecule has 6 nitrogen and oxygen atoms in total. The first-order chi connectivity index (χ1) is 12.2. The molecule has 1 N–H and O–H groups in total. The Morgan fingerprint density at radius 1 is 1.32 bits per heavy atom. The quantitative estimate of drug-likeness (QED) is 0.838. The van der Waals surface area contributed by atoms with Gasteiger partial charge in [-0.2, -0.15) is 5.10 Å². The molecule has 0 atom stereocenters. The third kappa shape index (κ3) is 3.85. The number of carbonyl (C=O) groups is 1. The Bertz CT molecular complexity index is 712. The van der Waals surface area contributed by atoms with Crippen molar-refractivity contribution in [2.24, 2.45) is 0 Å². The lowest BCUT2D eigenvalue weighted by Crippen LogP contribution is -2.35. The first kappa shape index (κ1) is 17.5. The van der Waals surface area contributed by atoms with Crippen molar-refractivity contribution in [3.05, 3.63) is 47.3 Å². The summed E-state index contributed by atoms with van der Waals surface area (Å²) >= 11 is 0. The molecule has 0 unspecified atom stereocenters. The summed E-state index contributed by atoms with van der Waals surface area (Å²) in [5, 5.41) is 7.51. The van der Waals surface area contributed by atoms with Crippen molar-refractivity contribution in [1.82, 2.24) is 15.1 Å². The van der Waals surface area contributed by atoms with Crippen LogP contribution in [-0.4, -0.2) is 41.9 Å². The lowest BCUT2D eigenvalue weighted by molar-refractivity contribution is 0.0926. The van der Waals surface area contributed by atoms with Gasteiger partial charge < -0.3 is 15.0 Å². The van der Waals surface area contributed by atoms with E-state index in [-0.39, 0.29) is 5.91 Å². The lowest BCUT2D eigenvalue weighted by Gasteiger charge is -2.23. The van der Waals surface area contributed by atoms with Crippen molar-refractivity contribution in [3.8, 4) is 0 Å². The number of likely N-dealkylation sites (N-methyl/N-ethyl adjacent to an activating group) is 1. The van der Waals surface area contributed by atoms with Gasteiger partial charge in [0.2, 0.25) is 0 Å². The van der Waals surface area contributed by atoms with E-state index in [4.69, 9.17) is 4.74 Å². The number of hydrogen-bond acceptors (Lipinski definition) is 4. The standard InChI is InChI=1S/C19H26N4O2/c1-3-22(15-8-6-5-7-9-15)12-11-20-19(24)18-16-14-25-13-10-17(16)23(4-2)21-18/h5-9H,3-4,10-14H2,1-2H3,(H,20,24). The first-order valence-electron chi connectivity index (χ1n) is 8.99. The summed E-state index contributed by atoms with van der Waals surface area (Å²) in [5.41, 5.74) is 3.76. The Morgan fingerprint density at radius 2 is 2.12 bits per heavy atom. The number of para-hydroxylation sites is 1. The van der Waals surface area contributed by atoms with Crippen LogP contribution in [0.2, 0.25) is 0 Å². The van der Waals surface area contributed by atoms with E-state index in [1.807, 2.05) is 29.8 Å². The zero-order chi connectivity index (χ0) is 17.6. The van der Waals surface area contributed by atoms with Gasteiger partial charge in [0, 0.05) is 49.5 Å². The molecule has 1 amide bonds. The predicted octanol–water partition coefficient (Wildman–Crippen LogP) is 2.23. The molecule has 1 aromatic carbocycles. The largest absolute Gasteiger partial charge is 0.376 e. The Balaban J connectivity index is 1.62. The molecule has 25 heavy (non-hydrogen) atoms. The molecular formula is C19H26N4O2. The molecule has 0 fully saturated rings. The normalized spacial score (nSPS) is 13.4. The van der Waals surface area contributed by atoms with Gasteiger partial charge in [-0.05, 0) is 26.0 Å². The molecular weight excluding hydrogens is 316 g/mol. The van der Waals surface area contributed by atoms with E-state index in [1.165, 1.54) is 5.69 Å². The van der Waals surface area contributed by atoms with Crippen LogP contribution in [0.3, 0.4) is 0 Å². The molecule has 1 aliphatic rings. The van der Waals surface area contributed by atoms with E-state index >= 15 is 0 Å². The lowest BCUT2D eigenvalue weighted by atomic mass is 10.1. The van der Waals surface area contributed by atoms with E-state index in [0.717, 1.165) is 37.3 Å². The number of benzene rings is 1. The monoisotopic (exact) mass is 342 g/mol. The fourth-order valence-corrected chi connectivity index (χ4v) is 3.25. The molecule has 0 spiro atoms. The van der Waals surface area contributed by atoms with Crippen molar-refractivity contribution >= 4 is 11.6 Å². The highest BCUT2D eigenvalue weighted by Crippen LogP contribution is 2.21. The second kappa shape index (κ2) is 8.16. The van der Waals surface area contributed by atoms with Crippen LogP contribution in [0, 0.1) is 0 Å². The number of nitrogens with zero attached hydrogens (tertiary/aromatic N) is 3. The maximum absolute atomic E-state index is 12.6. The van der Waals surface area contributed by atoms with Crippen molar-refractivity contribution in [2.75, 3.05) is 31.1 Å². The maximum atomic E-state index is 12.6. The number of nitrogens with one attached hydrogen (secondary N) is 1. The van der Waals surface area contributed by atoms with Crippen molar-refractivity contribution < 1.29 is 9.53 Å². The molecule has 1 aliphatic heterocycles. The van der Waals surface area contributed by atoms with Crippen LogP contribution in [-0.2, 0) is 24.3 Å². The maximum Gasteiger partial charge on any atom is 0.272 e. The summed E-state index contributed by atoms with van der Waals surface area (Å²) in [5.74, 6) is -0.113. The number of aromatic nitrogens is 2. The highest BCUT2D eigenvalue weighted by atomic mass is 16.5. The zero-order valence-corrected chi connectivity index (χ0v) is 15.0. The summed E-state index contributed by atoms with van der Waals surface area (Å²) in [4.78, 5) is 14.8. The van der Waals surface area contributed by atoms with Crippen LogP contribution >= 0.6 is 0 Å². The number of rotatable bonds is 7. The highest BCUT2D eigenvalue weighted by molar-refractivity contribution is 5.94. The molecule has 0 saturated carbocycles. The Kier molecular flexibility index (Phi) is 5.71. The average Bonchev–Trinajstić information content (AvgIpc) is 3.05. The number of carbonyl (C=O) groups excluding carboxylic acids is 1. The van der Waals surface area contributed by atoms with Gasteiger partial charge >= 0.3 is 0 Å². The van der Waals surface area contributed by atoms with Crippen LogP contribution < -0.4 is 10.2 Å². The number of anilines is 1. The van der Waals surface area contributed by atoms with E-state index in [9.17, 15) is 4.79 Å². The van der Waals surface area contributed by atoms with Crippen molar-refractivity contribution in [2.45, 2.75) is 33.4 Å². The van der Waals surface area contributed by atoms with Crippen molar-refractivity contribution in [3.63, 3.8) is 0 Å². The number of amides is 1. The van der Waals surface area contributed by atoms with Gasteiger partial charge in [-0.1, -0.05) is 18.2 Å². The van der Waals surface area contributed by atoms with Gasteiger partial charge in [0.15, 0.2) is 5.69 Å². The van der Waals surface area contributed by atoms with Gasteiger partial charge in [0.1, 0.15) is 0 Å². The smallest absolute Gasteiger partial charge is 0.272 e. The summed E-state index contributed by atoms with van der Waals surface area (Å²) in [6, 6.07) is 10.2. The van der Waals surface area contributed by atoms with Gasteiger partial charge in [-0.3, -0.25) is 9.48 Å². The summed E-state index contributed by atoms with van der Waals surface area (Å²) in [7, 11) is 0. The predicted molar refractivity (Wildman–Crippen MR) is 97.9 cm³/mol. The Morgan fingerprint density at radius 3 is 2.84 bits per heavy atom. The van der Waals surface area contributed by atoms with E-state index in [0.29, 0.717) is 25.5 Å². The fourth-order valence-electron chi connectivity index (χ4n) is 3.25.